The van der Waals surface area contributed by atoms with Gasteiger partial charge in [0.25, 0.3) is 0 Å². The van der Waals surface area contributed by atoms with Gasteiger partial charge in [0.15, 0.2) is 0 Å². The first kappa shape index (κ1) is 12.8. The summed E-state index contributed by atoms with van der Waals surface area (Å²) in [7, 11) is 0. The number of hydrogen-bond donors (Lipinski definition) is 0. The fourth-order valence-corrected chi connectivity index (χ4v) is 3.20. The molecule has 0 heterocycles. The zero-order valence-electron chi connectivity index (χ0n) is 12.3. The summed E-state index contributed by atoms with van der Waals surface area (Å²) in [5.41, 5.74) is 3.71. The number of rotatable bonds is 2. The molecule has 0 aliphatic rings. The highest BCUT2D eigenvalue weighted by Gasteiger charge is 2.10. The van der Waals surface area contributed by atoms with Crippen molar-refractivity contribution >= 4 is 27.6 Å². The minimum absolute atomic E-state index is 1.18. The van der Waals surface area contributed by atoms with Crippen LogP contribution in [0.1, 0.15) is 5.56 Å². The molecule has 0 aliphatic carbocycles. The minimum Gasteiger partial charge on any atom is -0.0984 e. The van der Waals surface area contributed by atoms with Crippen molar-refractivity contribution in [1.82, 2.24) is 0 Å². The van der Waals surface area contributed by atoms with Crippen LogP contribution in [0.2, 0.25) is 0 Å². The molecule has 0 unspecified atom stereocenters. The highest BCUT2D eigenvalue weighted by molar-refractivity contribution is 6.08. The summed E-state index contributed by atoms with van der Waals surface area (Å²) in [6.07, 6.45) is 1.95. The van der Waals surface area contributed by atoms with E-state index in [0.29, 0.717) is 0 Å². The van der Waals surface area contributed by atoms with Gasteiger partial charge in [0.2, 0.25) is 0 Å². The molecule has 0 aromatic heterocycles. The summed E-state index contributed by atoms with van der Waals surface area (Å²) in [5.74, 6) is 0. The first-order chi connectivity index (χ1) is 10.9. The largest absolute Gasteiger partial charge is 0.0984 e. The molecule has 0 N–H and O–H groups in total. The van der Waals surface area contributed by atoms with Gasteiger partial charge in [0, 0.05) is 0 Å². The Morgan fingerprint density at radius 2 is 1.23 bits per heavy atom. The lowest BCUT2D eigenvalue weighted by Crippen LogP contribution is -1.88. The highest BCUT2D eigenvalue weighted by Crippen LogP contribution is 2.36. The second kappa shape index (κ2) is 5.16. The molecule has 22 heavy (non-hydrogen) atoms. The maximum absolute atomic E-state index is 4.00. The van der Waals surface area contributed by atoms with Gasteiger partial charge in [0.05, 0.1) is 0 Å². The predicted octanol–water partition coefficient (Wildman–Crippen LogP) is 6.30. The van der Waals surface area contributed by atoms with Crippen LogP contribution >= 0.6 is 0 Å². The van der Waals surface area contributed by atoms with Gasteiger partial charge in [-0.3, -0.25) is 0 Å². The minimum atomic E-state index is 1.18. The fourth-order valence-electron chi connectivity index (χ4n) is 3.20. The van der Waals surface area contributed by atoms with E-state index in [9.17, 15) is 0 Å². The van der Waals surface area contributed by atoms with Crippen LogP contribution in [0.25, 0.3) is 38.7 Å². The molecule has 4 aromatic rings. The summed E-state index contributed by atoms with van der Waals surface area (Å²) >= 11 is 0. The first-order valence-corrected chi connectivity index (χ1v) is 7.51. The molecule has 0 heteroatoms. The number of fused-ring (bicyclic) bond motifs is 2. The average Bonchev–Trinajstić information content (AvgIpc) is 2.60. The lowest BCUT2D eigenvalue weighted by atomic mass is 9.90. The van der Waals surface area contributed by atoms with Crippen molar-refractivity contribution in [3.63, 3.8) is 0 Å². The third-order valence-electron chi connectivity index (χ3n) is 4.24. The van der Waals surface area contributed by atoms with Crippen LogP contribution in [0, 0.1) is 0 Å². The van der Waals surface area contributed by atoms with Crippen molar-refractivity contribution in [2.45, 2.75) is 0 Å². The molecule has 0 amide bonds. The van der Waals surface area contributed by atoms with E-state index in [1.165, 1.54) is 38.2 Å². The highest BCUT2D eigenvalue weighted by atomic mass is 14.1. The van der Waals surface area contributed by atoms with Crippen molar-refractivity contribution in [2.75, 3.05) is 0 Å². The van der Waals surface area contributed by atoms with Gasteiger partial charge in [-0.2, -0.15) is 0 Å². The molecule has 0 aliphatic heterocycles. The maximum atomic E-state index is 4.00. The smallest absolute Gasteiger partial charge is 0.00268 e. The van der Waals surface area contributed by atoms with Gasteiger partial charge < -0.3 is 0 Å². The molecule has 4 rings (SSSR count). The zero-order chi connectivity index (χ0) is 14.9. The second-order valence-corrected chi connectivity index (χ2v) is 5.48. The Morgan fingerprint density at radius 3 is 2.00 bits per heavy atom. The van der Waals surface area contributed by atoms with Crippen LogP contribution in [-0.4, -0.2) is 0 Å². The number of hydrogen-bond acceptors (Lipinski definition) is 0. The molecule has 0 radical (unpaired) electrons. The molecule has 0 nitrogen and oxygen atoms in total. The quantitative estimate of drug-likeness (QED) is 0.404. The van der Waals surface area contributed by atoms with Crippen molar-refractivity contribution in [2.24, 2.45) is 0 Å². The van der Waals surface area contributed by atoms with E-state index in [4.69, 9.17) is 0 Å². The predicted molar refractivity (Wildman–Crippen MR) is 97.0 cm³/mol. The second-order valence-electron chi connectivity index (χ2n) is 5.48. The van der Waals surface area contributed by atoms with Gasteiger partial charge >= 0.3 is 0 Å². The molecular formula is C22H16. The van der Waals surface area contributed by atoms with Crippen molar-refractivity contribution in [3.8, 4) is 11.1 Å². The van der Waals surface area contributed by atoms with E-state index in [1.807, 2.05) is 6.08 Å². The van der Waals surface area contributed by atoms with E-state index in [0.717, 1.165) is 0 Å². The molecule has 0 atom stereocenters. The van der Waals surface area contributed by atoms with Crippen LogP contribution in [0.4, 0.5) is 0 Å². The van der Waals surface area contributed by atoms with E-state index in [-0.39, 0.29) is 0 Å². The van der Waals surface area contributed by atoms with Crippen LogP contribution in [0.3, 0.4) is 0 Å². The van der Waals surface area contributed by atoms with E-state index in [1.54, 1.807) is 0 Å². The lowest BCUT2D eigenvalue weighted by molar-refractivity contribution is 1.66. The Balaban J connectivity index is 2.18. The summed E-state index contributed by atoms with van der Waals surface area (Å²) in [4.78, 5) is 0. The van der Waals surface area contributed by atoms with Gasteiger partial charge in [0.1, 0.15) is 0 Å². The third-order valence-corrected chi connectivity index (χ3v) is 4.24. The standard InChI is InChI=1S/C22H16/c1-2-16-14-15-18-9-4-6-12-20(18)22(16)21-13-7-10-17-8-3-5-11-19(17)21/h2-15H,1H2. The van der Waals surface area contributed by atoms with Crippen LogP contribution in [0.15, 0.2) is 85.4 Å². The SMILES string of the molecule is C=Cc1ccc2ccccc2c1-c1cccc2ccccc12. The molecule has 104 valence electrons. The van der Waals surface area contributed by atoms with Gasteiger partial charge in [-0.05, 0) is 38.2 Å². The fraction of sp³-hybridized carbons (Fsp3) is 0. The van der Waals surface area contributed by atoms with Crippen LogP contribution in [0.5, 0.6) is 0 Å². The normalized spacial score (nSPS) is 10.9. The third kappa shape index (κ3) is 1.93. The molecule has 0 saturated heterocycles. The Morgan fingerprint density at radius 1 is 0.591 bits per heavy atom. The van der Waals surface area contributed by atoms with Crippen molar-refractivity contribution < 1.29 is 0 Å². The Labute approximate surface area is 130 Å². The van der Waals surface area contributed by atoms with E-state index >= 15 is 0 Å². The van der Waals surface area contributed by atoms with Gasteiger partial charge in [-0.15, -0.1) is 0 Å². The maximum Gasteiger partial charge on any atom is -0.00268 e. The first-order valence-electron chi connectivity index (χ1n) is 7.51. The van der Waals surface area contributed by atoms with E-state index in [2.05, 4.69) is 85.4 Å². The van der Waals surface area contributed by atoms with Gasteiger partial charge in [-0.25, -0.2) is 0 Å². The molecule has 0 bridgehead atoms. The molecular weight excluding hydrogens is 264 g/mol. The summed E-state index contributed by atoms with van der Waals surface area (Å²) in [6.45, 7) is 4.00. The molecule has 0 spiro atoms. The number of benzene rings is 4. The molecule has 0 saturated carbocycles. The summed E-state index contributed by atoms with van der Waals surface area (Å²) < 4.78 is 0. The van der Waals surface area contributed by atoms with Crippen molar-refractivity contribution in [3.05, 3.63) is 91.0 Å². The molecule has 0 fully saturated rings. The van der Waals surface area contributed by atoms with Crippen molar-refractivity contribution in [1.29, 1.82) is 0 Å². The van der Waals surface area contributed by atoms with E-state index < -0.39 is 0 Å². The topological polar surface area (TPSA) is 0 Å². The summed E-state index contributed by atoms with van der Waals surface area (Å²) in [5, 5.41) is 5.08. The average molecular weight is 280 g/mol. The van der Waals surface area contributed by atoms with Crippen LogP contribution < -0.4 is 0 Å². The Kier molecular flexibility index (Phi) is 3.01. The zero-order valence-corrected chi connectivity index (χ0v) is 12.3. The monoisotopic (exact) mass is 280 g/mol. The Bertz CT molecular complexity index is 988. The molecule has 4 aromatic carbocycles. The summed E-state index contributed by atoms with van der Waals surface area (Å²) in [6, 6.07) is 27.9. The van der Waals surface area contributed by atoms with Crippen LogP contribution in [-0.2, 0) is 0 Å². The lowest BCUT2D eigenvalue weighted by Gasteiger charge is -2.13. The van der Waals surface area contributed by atoms with Gasteiger partial charge in [-0.1, -0.05) is 91.5 Å². The Hall–Kier alpha value is -2.86.